The smallest absolute Gasteiger partial charge is 0.407 e. The summed E-state index contributed by atoms with van der Waals surface area (Å²) in [6.45, 7) is 10.0. The molecule has 1 heterocycles. The minimum Gasteiger partial charge on any atom is -0.444 e. The van der Waals surface area contributed by atoms with Crippen molar-refractivity contribution in [2.75, 3.05) is 13.1 Å². The van der Waals surface area contributed by atoms with Crippen LogP contribution in [0.5, 0.6) is 0 Å². The van der Waals surface area contributed by atoms with Crippen LogP contribution >= 0.6 is 22.6 Å². The van der Waals surface area contributed by atoms with Crippen molar-refractivity contribution in [2.45, 2.75) is 52.1 Å². The van der Waals surface area contributed by atoms with E-state index < -0.39 is 17.1 Å². The lowest BCUT2D eigenvalue weighted by atomic mass is 9.87. The van der Waals surface area contributed by atoms with Crippen LogP contribution in [0.3, 0.4) is 0 Å². The Hall–Kier alpha value is -1.38. The van der Waals surface area contributed by atoms with E-state index in [9.17, 15) is 9.59 Å². The summed E-state index contributed by atoms with van der Waals surface area (Å²) in [5, 5.41) is 5.55. The van der Waals surface area contributed by atoms with Crippen molar-refractivity contribution >= 4 is 34.6 Å². The van der Waals surface area contributed by atoms with Crippen LogP contribution in [0.15, 0.2) is 18.3 Å². The molecule has 134 valence electrons. The maximum Gasteiger partial charge on any atom is 0.407 e. The van der Waals surface area contributed by atoms with Gasteiger partial charge in [-0.2, -0.15) is 0 Å². The van der Waals surface area contributed by atoms with E-state index in [1.807, 2.05) is 46.8 Å². The summed E-state index contributed by atoms with van der Waals surface area (Å²) in [5.41, 5.74) is -0.485. The quantitative estimate of drug-likeness (QED) is 0.519. The Morgan fingerprint density at radius 3 is 2.38 bits per heavy atom. The van der Waals surface area contributed by atoms with Crippen molar-refractivity contribution in [1.29, 1.82) is 0 Å². The number of hydrogen-bond donors (Lipinski definition) is 2. The first-order valence-electron chi connectivity index (χ1n) is 7.89. The molecule has 0 fully saturated rings. The van der Waals surface area contributed by atoms with E-state index in [1.54, 1.807) is 6.20 Å². The maximum absolute atomic E-state index is 12.4. The Morgan fingerprint density at radius 2 is 1.79 bits per heavy atom. The number of ether oxygens (including phenoxy) is 1. The predicted octanol–water partition coefficient (Wildman–Crippen LogP) is 2.99. The van der Waals surface area contributed by atoms with Gasteiger partial charge in [-0.1, -0.05) is 0 Å². The Labute approximate surface area is 157 Å². The molecule has 0 atom stereocenters. The van der Waals surface area contributed by atoms with E-state index in [4.69, 9.17) is 4.74 Å². The first-order valence-corrected chi connectivity index (χ1v) is 8.97. The van der Waals surface area contributed by atoms with Crippen LogP contribution < -0.4 is 10.6 Å². The number of nitrogens with one attached hydrogen (secondary N) is 2. The van der Waals surface area contributed by atoms with Gasteiger partial charge in [0.05, 0.1) is 11.1 Å². The molecule has 1 aromatic rings. The number of pyridine rings is 1. The predicted molar refractivity (Wildman–Crippen MR) is 102 cm³/mol. The van der Waals surface area contributed by atoms with Crippen molar-refractivity contribution < 1.29 is 14.3 Å². The van der Waals surface area contributed by atoms with Gasteiger partial charge in [0, 0.05) is 22.9 Å². The normalized spacial score (nSPS) is 11.8. The minimum absolute atomic E-state index is 0.0886. The molecule has 0 saturated carbocycles. The zero-order valence-electron chi connectivity index (χ0n) is 14.9. The van der Waals surface area contributed by atoms with Gasteiger partial charge in [0.25, 0.3) is 0 Å². The molecule has 2 amide bonds. The van der Waals surface area contributed by atoms with Crippen LogP contribution in [0.25, 0.3) is 0 Å². The average Bonchev–Trinajstić information content (AvgIpc) is 2.44. The van der Waals surface area contributed by atoms with Gasteiger partial charge in [0.1, 0.15) is 5.60 Å². The average molecular weight is 447 g/mol. The summed E-state index contributed by atoms with van der Waals surface area (Å²) >= 11 is 2.20. The highest BCUT2D eigenvalue weighted by molar-refractivity contribution is 14.1. The zero-order chi connectivity index (χ0) is 18.4. The second-order valence-corrected chi connectivity index (χ2v) is 8.27. The number of alkyl carbamates (subject to hydrolysis) is 1. The number of hydrogen-bond acceptors (Lipinski definition) is 4. The number of amides is 2. The maximum atomic E-state index is 12.4. The fourth-order valence-electron chi connectivity index (χ4n) is 1.88. The third kappa shape index (κ3) is 7.02. The van der Waals surface area contributed by atoms with Crippen LogP contribution in [0.4, 0.5) is 4.79 Å². The molecular weight excluding hydrogens is 421 g/mol. The van der Waals surface area contributed by atoms with E-state index >= 15 is 0 Å². The number of rotatable bonds is 6. The Kier molecular flexibility index (Phi) is 7.44. The highest BCUT2D eigenvalue weighted by Crippen LogP contribution is 2.22. The summed E-state index contributed by atoms with van der Waals surface area (Å²) < 4.78 is 6.18. The molecule has 0 aliphatic carbocycles. The van der Waals surface area contributed by atoms with Crippen LogP contribution in [0.2, 0.25) is 0 Å². The minimum atomic E-state index is -0.709. The van der Waals surface area contributed by atoms with Gasteiger partial charge >= 0.3 is 6.09 Å². The largest absolute Gasteiger partial charge is 0.444 e. The first-order chi connectivity index (χ1) is 11.0. The fourth-order valence-corrected chi connectivity index (χ4v) is 2.33. The van der Waals surface area contributed by atoms with Crippen molar-refractivity contribution in [3.05, 3.63) is 27.6 Å². The van der Waals surface area contributed by atoms with E-state index in [1.165, 1.54) is 0 Å². The summed E-state index contributed by atoms with van der Waals surface area (Å²) in [7, 11) is 0. The summed E-state index contributed by atoms with van der Waals surface area (Å²) in [5.74, 6) is -0.0886. The van der Waals surface area contributed by atoms with Crippen molar-refractivity contribution in [3.63, 3.8) is 0 Å². The van der Waals surface area contributed by atoms with Gasteiger partial charge in [-0.15, -0.1) is 0 Å². The van der Waals surface area contributed by atoms with Crippen LogP contribution in [0.1, 0.15) is 46.7 Å². The van der Waals surface area contributed by atoms with Crippen molar-refractivity contribution in [1.82, 2.24) is 15.6 Å². The molecular formula is C17H26IN3O3. The van der Waals surface area contributed by atoms with Crippen molar-refractivity contribution in [2.24, 2.45) is 0 Å². The highest BCUT2D eigenvalue weighted by atomic mass is 127. The SMILES string of the molecule is CC(C)(C)OC(=O)NCCCNC(=O)C(C)(C)c1cc(I)ccn1. The number of carbonyl (C=O) groups is 2. The number of aromatic nitrogens is 1. The molecule has 24 heavy (non-hydrogen) atoms. The standard InChI is InChI=1S/C17H26IN3O3/c1-16(2,3)24-15(23)21-9-6-8-20-14(22)17(4,5)13-11-12(18)7-10-19-13/h7,10-11H,6,8-9H2,1-5H3,(H,20,22)(H,21,23). The summed E-state index contributed by atoms with van der Waals surface area (Å²) in [6, 6.07) is 3.80. The van der Waals surface area contributed by atoms with Gasteiger partial charge in [0.2, 0.25) is 5.91 Å². The molecule has 0 unspecified atom stereocenters. The van der Waals surface area contributed by atoms with Gasteiger partial charge < -0.3 is 15.4 Å². The molecule has 0 spiro atoms. The second-order valence-electron chi connectivity index (χ2n) is 7.02. The monoisotopic (exact) mass is 447 g/mol. The first kappa shape index (κ1) is 20.7. The molecule has 1 aromatic heterocycles. The van der Waals surface area contributed by atoms with E-state index in [-0.39, 0.29) is 5.91 Å². The molecule has 0 aliphatic rings. The van der Waals surface area contributed by atoms with E-state index in [2.05, 4.69) is 38.2 Å². The molecule has 1 rings (SSSR count). The topological polar surface area (TPSA) is 80.3 Å². The zero-order valence-corrected chi connectivity index (χ0v) is 17.1. The molecule has 0 aliphatic heterocycles. The molecule has 0 saturated heterocycles. The Balaban J connectivity index is 2.37. The molecule has 0 bridgehead atoms. The third-order valence-electron chi connectivity index (χ3n) is 3.24. The van der Waals surface area contributed by atoms with Crippen LogP contribution in [-0.4, -0.2) is 35.7 Å². The molecule has 6 nitrogen and oxygen atoms in total. The lowest BCUT2D eigenvalue weighted by Gasteiger charge is -2.23. The summed E-state index contributed by atoms with van der Waals surface area (Å²) in [4.78, 5) is 28.2. The fraction of sp³-hybridized carbons (Fsp3) is 0.588. The van der Waals surface area contributed by atoms with Gasteiger partial charge in [-0.25, -0.2) is 4.79 Å². The summed E-state index contributed by atoms with van der Waals surface area (Å²) in [6.07, 6.45) is 1.88. The lowest BCUT2D eigenvalue weighted by Crippen LogP contribution is -2.42. The molecule has 0 radical (unpaired) electrons. The van der Waals surface area contributed by atoms with E-state index in [0.717, 1.165) is 9.26 Å². The second kappa shape index (κ2) is 8.64. The molecule has 0 aromatic carbocycles. The Morgan fingerprint density at radius 1 is 1.17 bits per heavy atom. The lowest BCUT2D eigenvalue weighted by molar-refractivity contribution is -0.125. The molecule has 7 heteroatoms. The van der Waals surface area contributed by atoms with E-state index in [0.29, 0.717) is 19.5 Å². The van der Waals surface area contributed by atoms with Crippen LogP contribution in [0, 0.1) is 3.57 Å². The highest BCUT2D eigenvalue weighted by Gasteiger charge is 2.31. The number of nitrogens with zero attached hydrogens (tertiary/aromatic N) is 1. The van der Waals surface area contributed by atoms with Gasteiger partial charge in [0.15, 0.2) is 0 Å². The van der Waals surface area contributed by atoms with Gasteiger partial charge in [-0.3, -0.25) is 9.78 Å². The van der Waals surface area contributed by atoms with Crippen LogP contribution in [-0.2, 0) is 14.9 Å². The van der Waals surface area contributed by atoms with Crippen molar-refractivity contribution in [3.8, 4) is 0 Å². The third-order valence-corrected chi connectivity index (χ3v) is 3.91. The number of halogens is 1. The van der Waals surface area contributed by atoms with Gasteiger partial charge in [-0.05, 0) is 75.8 Å². The Bertz CT molecular complexity index is 583. The number of carbonyl (C=O) groups excluding carboxylic acids is 2. The molecule has 2 N–H and O–H groups in total.